The maximum absolute atomic E-state index is 13.5. The second-order valence-electron chi connectivity index (χ2n) is 7.24. The van der Waals surface area contributed by atoms with E-state index >= 15 is 0 Å². The van der Waals surface area contributed by atoms with Gasteiger partial charge in [0.25, 0.3) is 0 Å². The minimum absolute atomic E-state index is 0.252. The Balaban J connectivity index is 1.61. The van der Waals surface area contributed by atoms with E-state index in [4.69, 9.17) is 14.1 Å². The van der Waals surface area contributed by atoms with E-state index in [-0.39, 0.29) is 5.82 Å². The molecular weight excluding hydrogens is 359 g/mol. The average molecular weight is 391 g/mol. The number of piperidine rings is 1. The van der Waals surface area contributed by atoms with Gasteiger partial charge in [0.15, 0.2) is 5.96 Å². The molecule has 0 aliphatic carbocycles. The van der Waals surface area contributed by atoms with Crippen LogP contribution < -0.4 is 10.6 Å². The van der Waals surface area contributed by atoms with Crippen LogP contribution >= 0.6 is 0 Å². The SMILES string of the molecule is CCNC(=NCc1oc2ccc(F)cc2c1C)NC1CCN(CCOC)CC1. The number of methoxy groups -OCH3 is 1. The Kier molecular flexibility index (Phi) is 7.28. The number of likely N-dealkylation sites (tertiary alicyclic amines) is 1. The summed E-state index contributed by atoms with van der Waals surface area (Å²) in [5.74, 6) is 1.31. The molecule has 1 fully saturated rings. The summed E-state index contributed by atoms with van der Waals surface area (Å²) in [5, 5.41) is 7.67. The van der Waals surface area contributed by atoms with Gasteiger partial charge in [0.2, 0.25) is 0 Å². The summed E-state index contributed by atoms with van der Waals surface area (Å²) in [4.78, 5) is 7.13. The van der Waals surface area contributed by atoms with Crippen LogP contribution in [0.5, 0.6) is 0 Å². The molecule has 3 rings (SSSR count). The topological polar surface area (TPSA) is 62.0 Å². The highest BCUT2D eigenvalue weighted by atomic mass is 19.1. The van der Waals surface area contributed by atoms with Gasteiger partial charge >= 0.3 is 0 Å². The number of aliphatic imine (C=N–C) groups is 1. The highest BCUT2D eigenvalue weighted by molar-refractivity contribution is 5.82. The van der Waals surface area contributed by atoms with Gasteiger partial charge in [-0.15, -0.1) is 0 Å². The summed E-state index contributed by atoms with van der Waals surface area (Å²) in [6.45, 7) is 9.12. The van der Waals surface area contributed by atoms with Crippen LogP contribution in [0.15, 0.2) is 27.6 Å². The van der Waals surface area contributed by atoms with Gasteiger partial charge in [0.05, 0.1) is 6.61 Å². The van der Waals surface area contributed by atoms with E-state index < -0.39 is 0 Å². The van der Waals surface area contributed by atoms with Gasteiger partial charge in [-0.25, -0.2) is 9.38 Å². The number of fused-ring (bicyclic) bond motifs is 1. The van der Waals surface area contributed by atoms with Crippen molar-refractivity contribution in [3.63, 3.8) is 0 Å². The number of guanidine groups is 1. The summed E-state index contributed by atoms with van der Waals surface area (Å²) in [7, 11) is 1.74. The van der Waals surface area contributed by atoms with Crippen LogP contribution in [0, 0.1) is 12.7 Å². The number of nitrogens with zero attached hydrogens (tertiary/aromatic N) is 2. The van der Waals surface area contributed by atoms with E-state index in [1.807, 2.05) is 6.92 Å². The first-order valence-electron chi connectivity index (χ1n) is 10.0. The van der Waals surface area contributed by atoms with Crippen LogP contribution in [0.25, 0.3) is 11.0 Å². The molecule has 0 radical (unpaired) electrons. The lowest BCUT2D eigenvalue weighted by Gasteiger charge is -2.32. The van der Waals surface area contributed by atoms with Crippen molar-refractivity contribution in [2.24, 2.45) is 4.99 Å². The molecule has 2 heterocycles. The summed E-state index contributed by atoms with van der Waals surface area (Å²) in [6.07, 6.45) is 2.16. The maximum Gasteiger partial charge on any atom is 0.191 e. The Morgan fingerprint density at radius 2 is 2.14 bits per heavy atom. The minimum atomic E-state index is -0.252. The third-order valence-corrected chi connectivity index (χ3v) is 5.26. The van der Waals surface area contributed by atoms with Crippen molar-refractivity contribution in [1.29, 1.82) is 0 Å². The fourth-order valence-corrected chi connectivity index (χ4v) is 3.58. The van der Waals surface area contributed by atoms with Crippen molar-refractivity contribution in [3.8, 4) is 0 Å². The molecule has 0 unspecified atom stereocenters. The molecule has 2 N–H and O–H groups in total. The second-order valence-corrected chi connectivity index (χ2v) is 7.24. The van der Waals surface area contributed by atoms with Gasteiger partial charge < -0.3 is 24.7 Å². The molecule has 28 heavy (non-hydrogen) atoms. The third kappa shape index (κ3) is 5.23. The Bertz CT molecular complexity index is 797. The van der Waals surface area contributed by atoms with E-state index in [0.717, 1.165) is 68.3 Å². The lowest BCUT2D eigenvalue weighted by molar-refractivity contribution is 0.128. The fourth-order valence-electron chi connectivity index (χ4n) is 3.58. The molecule has 154 valence electrons. The molecule has 1 aromatic carbocycles. The quantitative estimate of drug-likeness (QED) is 0.562. The average Bonchev–Trinajstić information content (AvgIpc) is 3.01. The number of hydrogen-bond donors (Lipinski definition) is 2. The predicted molar refractivity (Wildman–Crippen MR) is 110 cm³/mol. The zero-order valence-electron chi connectivity index (χ0n) is 17.1. The monoisotopic (exact) mass is 390 g/mol. The Morgan fingerprint density at radius 3 is 2.86 bits per heavy atom. The van der Waals surface area contributed by atoms with E-state index in [0.29, 0.717) is 18.2 Å². The number of hydrogen-bond acceptors (Lipinski definition) is 4. The smallest absolute Gasteiger partial charge is 0.191 e. The Hall–Kier alpha value is -2.12. The molecule has 0 spiro atoms. The van der Waals surface area contributed by atoms with E-state index in [9.17, 15) is 4.39 Å². The van der Waals surface area contributed by atoms with Crippen molar-refractivity contribution in [2.75, 3.05) is 39.9 Å². The van der Waals surface area contributed by atoms with Crippen LogP contribution in [-0.2, 0) is 11.3 Å². The number of furan rings is 1. The molecule has 0 bridgehead atoms. The van der Waals surface area contributed by atoms with E-state index in [2.05, 4.69) is 22.5 Å². The van der Waals surface area contributed by atoms with Gasteiger partial charge in [-0.2, -0.15) is 0 Å². The molecule has 0 amide bonds. The van der Waals surface area contributed by atoms with Gasteiger partial charge in [-0.05, 0) is 44.9 Å². The molecule has 1 aliphatic heterocycles. The van der Waals surface area contributed by atoms with E-state index in [1.54, 1.807) is 13.2 Å². The van der Waals surface area contributed by atoms with Crippen LogP contribution in [0.2, 0.25) is 0 Å². The summed E-state index contributed by atoms with van der Waals surface area (Å²) < 4.78 is 24.5. The standard InChI is InChI=1S/C21H31FN4O2/c1-4-23-21(25-17-7-9-26(10-8-17)11-12-27-3)24-14-20-15(2)18-13-16(22)5-6-19(18)28-20/h5-6,13,17H,4,7-12,14H2,1-3H3,(H2,23,24,25). The lowest BCUT2D eigenvalue weighted by atomic mass is 10.1. The summed E-state index contributed by atoms with van der Waals surface area (Å²) in [6, 6.07) is 5.01. The Morgan fingerprint density at radius 1 is 1.36 bits per heavy atom. The molecule has 6 nitrogen and oxygen atoms in total. The number of benzene rings is 1. The number of halogens is 1. The second kappa shape index (κ2) is 9.89. The molecule has 0 saturated carbocycles. The van der Waals surface area contributed by atoms with Crippen molar-refractivity contribution in [1.82, 2.24) is 15.5 Å². The highest BCUT2D eigenvalue weighted by Crippen LogP contribution is 2.26. The fraction of sp³-hybridized carbons (Fsp3) is 0.571. The van der Waals surface area contributed by atoms with Gasteiger partial charge in [-0.3, -0.25) is 0 Å². The first-order valence-corrected chi connectivity index (χ1v) is 10.0. The van der Waals surface area contributed by atoms with Crippen molar-refractivity contribution in [2.45, 2.75) is 39.3 Å². The van der Waals surface area contributed by atoms with Crippen LogP contribution in [0.4, 0.5) is 4.39 Å². The number of aryl methyl sites for hydroxylation is 1. The normalized spacial score (nSPS) is 16.6. The summed E-state index contributed by atoms with van der Waals surface area (Å²) in [5.41, 5.74) is 1.64. The molecule has 7 heteroatoms. The molecule has 0 atom stereocenters. The third-order valence-electron chi connectivity index (χ3n) is 5.26. The van der Waals surface area contributed by atoms with Gasteiger partial charge in [0, 0.05) is 50.3 Å². The first-order chi connectivity index (χ1) is 13.6. The molecule has 2 aromatic rings. The zero-order valence-corrected chi connectivity index (χ0v) is 17.1. The highest BCUT2D eigenvalue weighted by Gasteiger charge is 2.20. The van der Waals surface area contributed by atoms with Crippen LogP contribution in [-0.4, -0.2) is 56.8 Å². The van der Waals surface area contributed by atoms with Crippen molar-refractivity contribution < 1.29 is 13.5 Å². The van der Waals surface area contributed by atoms with E-state index in [1.165, 1.54) is 12.1 Å². The zero-order chi connectivity index (χ0) is 19.9. The number of ether oxygens (including phenoxy) is 1. The van der Waals surface area contributed by atoms with Crippen molar-refractivity contribution in [3.05, 3.63) is 35.3 Å². The van der Waals surface area contributed by atoms with Crippen LogP contribution in [0.3, 0.4) is 0 Å². The molecular formula is C21H31FN4O2. The molecule has 1 saturated heterocycles. The Labute approximate surface area is 166 Å². The first kappa shape index (κ1) is 20.6. The van der Waals surface area contributed by atoms with Crippen molar-refractivity contribution >= 4 is 16.9 Å². The predicted octanol–water partition coefficient (Wildman–Crippen LogP) is 3.05. The summed E-state index contributed by atoms with van der Waals surface area (Å²) >= 11 is 0. The van der Waals surface area contributed by atoms with Gasteiger partial charge in [0.1, 0.15) is 23.7 Å². The van der Waals surface area contributed by atoms with Gasteiger partial charge in [-0.1, -0.05) is 0 Å². The number of nitrogens with one attached hydrogen (secondary N) is 2. The lowest BCUT2D eigenvalue weighted by Crippen LogP contribution is -2.49. The minimum Gasteiger partial charge on any atom is -0.459 e. The molecule has 1 aromatic heterocycles. The largest absolute Gasteiger partial charge is 0.459 e. The number of rotatable bonds is 7. The van der Waals surface area contributed by atoms with Crippen LogP contribution in [0.1, 0.15) is 31.1 Å². The maximum atomic E-state index is 13.5. The molecule has 1 aliphatic rings.